The Morgan fingerprint density at radius 1 is 1.34 bits per heavy atom. The number of carbonyl (C=O) groups excluding carboxylic acids is 1. The fourth-order valence-corrected chi connectivity index (χ4v) is 5.56. The first kappa shape index (κ1) is 27.5. The molecule has 0 saturated carbocycles. The van der Waals surface area contributed by atoms with Gasteiger partial charge < -0.3 is 20.4 Å². The number of halogens is 3. The molecule has 5 N–H and O–H groups in total. The quantitative estimate of drug-likeness (QED) is 0.223. The minimum atomic E-state index is -4.58. The Hall–Kier alpha value is -3.51. The average molecular weight is 553 g/mol. The van der Waals surface area contributed by atoms with Crippen LogP contribution in [-0.4, -0.2) is 65.5 Å². The number of imidazole rings is 1. The van der Waals surface area contributed by atoms with Crippen molar-refractivity contribution in [1.82, 2.24) is 25.1 Å². The molecular formula is C24H27F3N6O4S. The highest BCUT2D eigenvalue weighted by Crippen LogP contribution is 2.46. The Kier molecular flexibility index (Phi) is 8.32. The Morgan fingerprint density at radius 3 is 2.84 bits per heavy atom. The molecule has 2 aromatic heterocycles. The molecule has 1 aliphatic rings. The third-order valence-electron chi connectivity index (χ3n) is 5.82. The number of amides is 1. The fourth-order valence-electron chi connectivity index (χ4n) is 3.85. The van der Waals surface area contributed by atoms with Crippen LogP contribution in [0.3, 0.4) is 0 Å². The van der Waals surface area contributed by atoms with Crippen LogP contribution in [-0.2, 0) is 18.0 Å². The molecule has 0 aliphatic carbocycles. The summed E-state index contributed by atoms with van der Waals surface area (Å²) < 4.78 is 66.9. The van der Waals surface area contributed by atoms with E-state index in [-0.39, 0.29) is 29.1 Å². The first-order chi connectivity index (χ1) is 18.0. The van der Waals surface area contributed by atoms with E-state index in [0.29, 0.717) is 49.0 Å². The van der Waals surface area contributed by atoms with Gasteiger partial charge in [-0.3, -0.25) is 18.6 Å². The van der Waals surface area contributed by atoms with Crippen molar-refractivity contribution in [1.29, 1.82) is 0 Å². The van der Waals surface area contributed by atoms with Gasteiger partial charge in [0.05, 0.1) is 41.3 Å². The zero-order chi connectivity index (χ0) is 27.3. The molecule has 1 amide bonds. The maximum Gasteiger partial charge on any atom is 0.432 e. The number of nitrogens with zero attached hydrogens (tertiary/aromatic N) is 3. The Bertz CT molecular complexity index is 1340. The van der Waals surface area contributed by atoms with Crippen molar-refractivity contribution in [3.63, 3.8) is 0 Å². The Labute approximate surface area is 218 Å². The van der Waals surface area contributed by atoms with E-state index < -0.39 is 28.4 Å². The van der Waals surface area contributed by atoms with Crippen LogP contribution >= 0.6 is 10.6 Å². The van der Waals surface area contributed by atoms with Crippen molar-refractivity contribution in [2.24, 2.45) is 7.05 Å². The third-order valence-corrected chi connectivity index (χ3v) is 8.10. The monoisotopic (exact) mass is 552 g/mol. The highest BCUT2D eigenvalue weighted by Gasteiger charge is 2.33. The molecule has 1 fully saturated rings. The molecule has 3 heterocycles. The minimum absolute atomic E-state index is 0.0316. The summed E-state index contributed by atoms with van der Waals surface area (Å²) in [6, 6.07) is 4.48. The third kappa shape index (κ3) is 7.07. The van der Waals surface area contributed by atoms with Crippen LogP contribution in [0.2, 0.25) is 0 Å². The van der Waals surface area contributed by atoms with Gasteiger partial charge in [-0.1, -0.05) is 5.92 Å². The molecule has 4 rings (SSSR count). The van der Waals surface area contributed by atoms with Crippen LogP contribution in [0.5, 0.6) is 5.75 Å². The molecule has 1 aliphatic heterocycles. The van der Waals surface area contributed by atoms with Crippen molar-refractivity contribution in [3.8, 4) is 29.0 Å². The lowest BCUT2D eigenvalue weighted by molar-refractivity contribution is -0.140. The van der Waals surface area contributed by atoms with E-state index in [1.165, 1.54) is 24.4 Å². The lowest BCUT2D eigenvalue weighted by Crippen LogP contribution is -2.41. The second-order valence-electron chi connectivity index (χ2n) is 8.70. The highest BCUT2D eigenvalue weighted by molar-refractivity contribution is 8.24. The lowest BCUT2D eigenvalue weighted by Gasteiger charge is -2.44. The van der Waals surface area contributed by atoms with Gasteiger partial charge in [-0.15, -0.1) is 0 Å². The van der Waals surface area contributed by atoms with Crippen molar-refractivity contribution >= 4 is 22.2 Å². The van der Waals surface area contributed by atoms with Crippen molar-refractivity contribution < 1.29 is 31.8 Å². The van der Waals surface area contributed by atoms with Crippen LogP contribution in [0, 0.1) is 11.8 Å². The van der Waals surface area contributed by atoms with Gasteiger partial charge in [0.1, 0.15) is 17.3 Å². The number of alkyl halides is 3. The van der Waals surface area contributed by atoms with E-state index in [0.717, 1.165) is 0 Å². The number of hydrogen-bond donors (Lipinski definition) is 5. The smallest absolute Gasteiger partial charge is 0.432 e. The predicted octanol–water partition coefficient (Wildman–Crippen LogP) is 3.70. The first-order valence-corrected chi connectivity index (χ1v) is 13.5. The molecule has 0 radical (unpaired) electrons. The summed E-state index contributed by atoms with van der Waals surface area (Å²) in [5.74, 6) is 5.04. The summed E-state index contributed by atoms with van der Waals surface area (Å²) in [4.78, 5) is 18.6. The van der Waals surface area contributed by atoms with Gasteiger partial charge in [-0.2, -0.15) is 28.9 Å². The number of aromatic amines is 1. The van der Waals surface area contributed by atoms with Crippen molar-refractivity contribution in [3.05, 3.63) is 48.0 Å². The zero-order valence-electron chi connectivity index (χ0n) is 20.4. The number of carbonyl (C=O) groups is 1. The summed E-state index contributed by atoms with van der Waals surface area (Å²) in [6.07, 6.45) is 0.304. The lowest BCUT2D eigenvalue weighted by atomic mass is 10.1. The number of aromatic nitrogens is 4. The van der Waals surface area contributed by atoms with Gasteiger partial charge in [0.25, 0.3) is 0 Å². The predicted molar refractivity (Wildman–Crippen MR) is 137 cm³/mol. The summed E-state index contributed by atoms with van der Waals surface area (Å²) in [5.41, 5.74) is 0.0300. The van der Waals surface area contributed by atoms with E-state index in [2.05, 4.69) is 37.5 Å². The fraction of sp³-hybridized carbons (Fsp3) is 0.375. The van der Waals surface area contributed by atoms with Crippen LogP contribution in [0.15, 0.2) is 36.8 Å². The van der Waals surface area contributed by atoms with E-state index in [4.69, 9.17) is 4.74 Å². The Morgan fingerprint density at radius 2 is 2.16 bits per heavy atom. The maximum absolute atomic E-state index is 13.0. The van der Waals surface area contributed by atoms with Gasteiger partial charge in [0.2, 0.25) is 0 Å². The summed E-state index contributed by atoms with van der Waals surface area (Å²) in [7, 11) is -0.937. The summed E-state index contributed by atoms with van der Waals surface area (Å²) >= 11 is 0. The van der Waals surface area contributed by atoms with Gasteiger partial charge in [0, 0.05) is 37.8 Å². The van der Waals surface area contributed by atoms with Gasteiger partial charge in [-0.05, 0) is 31.0 Å². The van der Waals surface area contributed by atoms with E-state index >= 15 is 0 Å². The van der Waals surface area contributed by atoms with E-state index in [1.54, 1.807) is 17.9 Å². The number of rotatable bonds is 7. The number of anilines is 1. The second kappa shape index (κ2) is 11.5. The van der Waals surface area contributed by atoms with Gasteiger partial charge >= 0.3 is 12.1 Å². The molecule has 10 nitrogen and oxygen atoms in total. The number of hydrogen-bond acceptors (Lipinski definition) is 7. The molecule has 1 saturated heterocycles. The van der Waals surface area contributed by atoms with Crippen LogP contribution in [0.4, 0.5) is 18.9 Å². The molecule has 0 bridgehead atoms. The molecule has 3 aromatic rings. The van der Waals surface area contributed by atoms with Gasteiger partial charge in [-0.25, -0.2) is 4.98 Å². The van der Waals surface area contributed by atoms with Crippen molar-refractivity contribution in [2.75, 3.05) is 30.8 Å². The zero-order valence-corrected chi connectivity index (χ0v) is 21.2. The SMILES string of the molecule is Cn1cc(C#CC(=O)Nc2cc(-c3ncc(C(F)(F)F)[nH]3)ccc2OCCCC2CNCCS2(O)O)cn1. The van der Waals surface area contributed by atoms with Crippen LogP contribution in [0.25, 0.3) is 11.4 Å². The van der Waals surface area contributed by atoms with Crippen molar-refractivity contribution in [2.45, 2.75) is 24.3 Å². The average Bonchev–Trinajstić information content (AvgIpc) is 3.51. The maximum atomic E-state index is 13.0. The number of ether oxygens (including phenoxy) is 1. The molecular weight excluding hydrogens is 525 g/mol. The summed E-state index contributed by atoms with van der Waals surface area (Å²) in [6.45, 7) is 1.29. The number of benzene rings is 1. The van der Waals surface area contributed by atoms with Gasteiger partial charge in [0.15, 0.2) is 0 Å². The molecule has 1 aromatic carbocycles. The molecule has 0 spiro atoms. The largest absolute Gasteiger partial charge is 0.491 e. The first-order valence-electron chi connectivity index (χ1n) is 11.7. The van der Waals surface area contributed by atoms with Crippen LogP contribution in [0.1, 0.15) is 24.1 Å². The van der Waals surface area contributed by atoms with E-state index in [1.807, 2.05) is 0 Å². The van der Waals surface area contributed by atoms with E-state index in [9.17, 15) is 27.1 Å². The molecule has 1 atom stereocenters. The molecule has 204 valence electrons. The molecule has 14 heteroatoms. The number of aryl methyl sites for hydroxylation is 1. The highest BCUT2D eigenvalue weighted by atomic mass is 32.3. The topological polar surface area (TPSA) is 137 Å². The molecule has 1 unspecified atom stereocenters. The number of H-pyrrole nitrogens is 1. The Balaban J connectivity index is 1.49. The normalized spacial score (nSPS) is 17.8. The number of nitrogens with one attached hydrogen (secondary N) is 3. The van der Waals surface area contributed by atoms with Crippen LogP contribution < -0.4 is 15.4 Å². The minimum Gasteiger partial charge on any atom is -0.491 e. The summed E-state index contributed by atoms with van der Waals surface area (Å²) in [5, 5.41) is 9.48. The second-order valence-corrected chi connectivity index (χ2v) is 11.2. The standard InChI is InChI=1S/C24H27F3N6O4S/c1-33-15-16(12-30-33)4-7-22(34)31-19-11-17(23-29-14-21(32-23)24(25,26)27)5-6-20(19)37-9-2-3-18-13-28-8-10-38(18,35)36/h5-6,11-12,14-15,18,28,35-36H,2-3,8-10,13H2,1H3,(H,29,32)(H,31,34). The molecule has 38 heavy (non-hydrogen) atoms.